The zero-order chi connectivity index (χ0) is 17.9. The minimum Gasteiger partial charge on any atom is -0.485 e. The van der Waals surface area contributed by atoms with E-state index in [1.54, 1.807) is 5.38 Å². The van der Waals surface area contributed by atoms with Crippen LogP contribution in [0.15, 0.2) is 34.2 Å². The molecule has 1 aromatic carbocycles. The molecule has 26 heavy (non-hydrogen) atoms. The van der Waals surface area contributed by atoms with Gasteiger partial charge in [-0.15, -0.1) is 11.3 Å². The number of aryl methyl sites for hydroxylation is 1. The van der Waals surface area contributed by atoms with Crippen molar-refractivity contribution >= 4 is 17.2 Å². The van der Waals surface area contributed by atoms with Crippen molar-refractivity contribution in [3.05, 3.63) is 46.0 Å². The fourth-order valence-electron chi connectivity index (χ4n) is 2.56. The van der Waals surface area contributed by atoms with Crippen molar-refractivity contribution in [1.29, 1.82) is 0 Å². The smallest absolute Gasteiger partial charge is 0.265 e. The largest absolute Gasteiger partial charge is 0.485 e. The van der Waals surface area contributed by atoms with Crippen molar-refractivity contribution < 1.29 is 18.8 Å². The fourth-order valence-corrected chi connectivity index (χ4v) is 3.40. The van der Waals surface area contributed by atoms with Crippen LogP contribution in [0.1, 0.15) is 21.1 Å². The van der Waals surface area contributed by atoms with Gasteiger partial charge in [-0.2, -0.15) is 4.98 Å². The molecule has 0 radical (unpaired) electrons. The molecular weight excluding hydrogens is 354 g/mol. The summed E-state index contributed by atoms with van der Waals surface area (Å²) in [5.41, 5.74) is 2.07. The Labute approximate surface area is 153 Å². The Kier molecular flexibility index (Phi) is 4.57. The van der Waals surface area contributed by atoms with Gasteiger partial charge < -0.3 is 19.3 Å². The molecule has 1 aliphatic heterocycles. The van der Waals surface area contributed by atoms with Gasteiger partial charge in [-0.05, 0) is 6.92 Å². The highest BCUT2D eigenvalue weighted by atomic mass is 32.1. The zero-order valence-electron chi connectivity index (χ0n) is 14.2. The minimum absolute atomic E-state index is 0.194. The number of aromatic nitrogens is 2. The van der Waals surface area contributed by atoms with Gasteiger partial charge in [0.2, 0.25) is 11.7 Å². The van der Waals surface area contributed by atoms with E-state index in [0.717, 1.165) is 5.56 Å². The molecule has 2 aromatic heterocycles. The molecule has 1 N–H and O–H groups in total. The number of amides is 1. The van der Waals surface area contributed by atoms with Crippen LogP contribution in [0.4, 0.5) is 0 Å². The summed E-state index contributed by atoms with van der Waals surface area (Å²) in [4.78, 5) is 17.2. The summed E-state index contributed by atoms with van der Waals surface area (Å²) in [5, 5.41) is 8.62. The SMILES string of the molecule is Cc1ccc(-c2noc(CCNC(=O)c3scc4c3OCCO4)n2)cc1. The Morgan fingerprint density at radius 1 is 1.23 bits per heavy atom. The number of rotatable bonds is 5. The predicted octanol–water partition coefficient (Wildman–Crippen LogP) is 2.85. The Hall–Kier alpha value is -2.87. The van der Waals surface area contributed by atoms with Gasteiger partial charge >= 0.3 is 0 Å². The van der Waals surface area contributed by atoms with Crippen LogP contribution < -0.4 is 14.8 Å². The maximum Gasteiger partial charge on any atom is 0.265 e. The van der Waals surface area contributed by atoms with Crippen LogP contribution in [0.3, 0.4) is 0 Å². The highest BCUT2D eigenvalue weighted by Gasteiger charge is 2.23. The van der Waals surface area contributed by atoms with Crippen molar-refractivity contribution in [2.45, 2.75) is 13.3 Å². The Morgan fingerprint density at radius 2 is 2.04 bits per heavy atom. The maximum atomic E-state index is 12.3. The lowest BCUT2D eigenvalue weighted by Gasteiger charge is -2.15. The number of ether oxygens (including phenoxy) is 2. The molecule has 0 unspecified atom stereocenters. The van der Waals surface area contributed by atoms with E-state index in [-0.39, 0.29) is 5.91 Å². The molecule has 0 bridgehead atoms. The molecule has 3 heterocycles. The number of hydrogen-bond donors (Lipinski definition) is 1. The first kappa shape index (κ1) is 16.6. The normalized spacial score (nSPS) is 12.8. The van der Waals surface area contributed by atoms with Gasteiger partial charge in [0.05, 0.1) is 0 Å². The molecule has 1 amide bonds. The van der Waals surface area contributed by atoms with Crippen LogP contribution in [0.25, 0.3) is 11.4 Å². The van der Waals surface area contributed by atoms with E-state index in [0.29, 0.717) is 54.3 Å². The van der Waals surface area contributed by atoms with Crippen LogP contribution in [0, 0.1) is 6.92 Å². The highest BCUT2D eigenvalue weighted by Crippen LogP contribution is 2.39. The molecule has 0 aliphatic carbocycles. The molecule has 0 saturated heterocycles. The van der Waals surface area contributed by atoms with Gasteiger partial charge in [0, 0.05) is 23.9 Å². The average Bonchev–Trinajstić information content (AvgIpc) is 3.29. The molecule has 3 aromatic rings. The highest BCUT2D eigenvalue weighted by molar-refractivity contribution is 7.12. The number of carbonyl (C=O) groups is 1. The first-order valence-electron chi connectivity index (χ1n) is 8.25. The number of nitrogens with one attached hydrogen (secondary N) is 1. The first-order chi connectivity index (χ1) is 12.7. The first-order valence-corrected chi connectivity index (χ1v) is 9.13. The summed E-state index contributed by atoms with van der Waals surface area (Å²) in [5.74, 6) is 1.99. The number of carbonyl (C=O) groups excluding carboxylic acids is 1. The molecule has 0 atom stereocenters. The number of benzene rings is 1. The summed E-state index contributed by atoms with van der Waals surface area (Å²) >= 11 is 1.31. The molecule has 4 rings (SSSR count). The Balaban J connectivity index is 1.34. The Morgan fingerprint density at radius 3 is 2.88 bits per heavy atom. The van der Waals surface area contributed by atoms with Crippen LogP contribution in [-0.2, 0) is 6.42 Å². The van der Waals surface area contributed by atoms with Crippen LogP contribution >= 0.6 is 11.3 Å². The zero-order valence-corrected chi connectivity index (χ0v) is 15.0. The molecule has 0 fully saturated rings. The second-order valence-corrected chi connectivity index (χ2v) is 6.72. The average molecular weight is 371 g/mol. The van der Waals surface area contributed by atoms with Gasteiger partial charge in [-0.3, -0.25) is 4.79 Å². The number of nitrogens with zero attached hydrogens (tertiary/aromatic N) is 2. The maximum absolute atomic E-state index is 12.3. The topological polar surface area (TPSA) is 86.5 Å². The van der Waals surface area contributed by atoms with Crippen molar-refractivity contribution in [2.75, 3.05) is 19.8 Å². The van der Waals surface area contributed by atoms with E-state index < -0.39 is 0 Å². The summed E-state index contributed by atoms with van der Waals surface area (Å²) in [6.07, 6.45) is 0.454. The number of thiophene rings is 1. The second-order valence-electron chi connectivity index (χ2n) is 5.84. The molecule has 0 saturated carbocycles. The van der Waals surface area contributed by atoms with Crippen LogP contribution in [0.5, 0.6) is 11.5 Å². The van der Waals surface area contributed by atoms with E-state index in [1.807, 2.05) is 31.2 Å². The molecule has 134 valence electrons. The molecule has 1 aliphatic rings. The van der Waals surface area contributed by atoms with Gasteiger partial charge in [-0.25, -0.2) is 0 Å². The summed E-state index contributed by atoms with van der Waals surface area (Å²) in [6, 6.07) is 7.90. The minimum atomic E-state index is -0.194. The van der Waals surface area contributed by atoms with E-state index in [1.165, 1.54) is 16.9 Å². The summed E-state index contributed by atoms with van der Waals surface area (Å²) in [6.45, 7) is 3.37. The van der Waals surface area contributed by atoms with Crippen molar-refractivity contribution in [3.8, 4) is 22.9 Å². The van der Waals surface area contributed by atoms with E-state index in [4.69, 9.17) is 14.0 Å². The third-order valence-electron chi connectivity index (χ3n) is 3.91. The number of hydrogen-bond acceptors (Lipinski definition) is 7. The predicted molar refractivity (Wildman–Crippen MR) is 95.8 cm³/mol. The lowest BCUT2D eigenvalue weighted by Crippen LogP contribution is -2.26. The molecule has 0 spiro atoms. The van der Waals surface area contributed by atoms with Gasteiger partial charge in [-0.1, -0.05) is 35.0 Å². The third-order valence-corrected chi connectivity index (χ3v) is 4.85. The number of fused-ring (bicyclic) bond motifs is 1. The van der Waals surface area contributed by atoms with Gasteiger partial charge in [0.15, 0.2) is 11.5 Å². The summed E-state index contributed by atoms with van der Waals surface area (Å²) in [7, 11) is 0. The van der Waals surface area contributed by atoms with Gasteiger partial charge in [0.25, 0.3) is 5.91 Å². The van der Waals surface area contributed by atoms with Crippen LogP contribution in [0.2, 0.25) is 0 Å². The molecule has 8 heteroatoms. The van der Waals surface area contributed by atoms with E-state index >= 15 is 0 Å². The monoisotopic (exact) mass is 371 g/mol. The lowest BCUT2D eigenvalue weighted by atomic mass is 10.1. The third kappa shape index (κ3) is 3.41. The van der Waals surface area contributed by atoms with E-state index in [9.17, 15) is 4.79 Å². The second kappa shape index (κ2) is 7.17. The quantitative estimate of drug-likeness (QED) is 0.742. The van der Waals surface area contributed by atoms with Gasteiger partial charge in [0.1, 0.15) is 18.1 Å². The fraction of sp³-hybridized carbons (Fsp3) is 0.278. The van der Waals surface area contributed by atoms with Crippen molar-refractivity contribution in [2.24, 2.45) is 0 Å². The van der Waals surface area contributed by atoms with Crippen molar-refractivity contribution in [1.82, 2.24) is 15.5 Å². The summed E-state index contributed by atoms with van der Waals surface area (Å²) < 4.78 is 16.2. The van der Waals surface area contributed by atoms with E-state index in [2.05, 4.69) is 15.5 Å². The van der Waals surface area contributed by atoms with Crippen molar-refractivity contribution in [3.63, 3.8) is 0 Å². The van der Waals surface area contributed by atoms with Crippen LogP contribution in [-0.4, -0.2) is 35.8 Å². The Bertz CT molecular complexity index is 917. The standard InChI is InChI=1S/C18H17N3O4S/c1-11-2-4-12(5-3-11)17-20-14(25-21-17)6-7-19-18(22)16-15-13(10-26-16)23-8-9-24-15/h2-5,10H,6-9H2,1H3,(H,19,22). The molecule has 7 nitrogen and oxygen atoms in total. The lowest BCUT2D eigenvalue weighted by molar-refractivity contribution is 0.0948. The molecular formula is C18H17N3O4S.